The number of sulfonamides is 1. The number of ether oxygens (including phenoxy) is 3. The number of rotatable bonds is 17. The van der Waals surface area contributed by atoms with Crippen LogP contribution in [0.1, 0.15) is 98.3 Å². The maximum Gasteiger partial charge on any atom is 0.312 e. The average molecular weight is 1110 g/mol. The second-order valence-electron chi connectivity index (χ2n) is 21.7. The number of piperazine rings is 1. The van der Waals surface area contributed by atoms with Crippen LogP contribution in [0.25, 0.3) is 11.0 Å². The van der Waals surface area contributed by atoms with Crippen LogP contribution in [0, 0.1) is 21.3 Å². The summed E-state index contributed by atoms with van der Waals surface area (Å²) in [6.07, 6.45) is 5.94. The molecule has 3 N–H and O–H groups in total. The highest BCUT2D eigenvalue weighted by Gasteiger charge is 2.50. The molecule has 418 valence electrons. The fraction of sp³-hybridized carbons (Fsp3) is 0.439. The summed E-state index contributed by atoms with van der Waals surface area (Å²) in [6, 6.07) is 24.7. The monoisotopic (exact) mass is 1100 g/mol. The molecular weight excluding hydrogens is 1040 g/mol. The highest BCUT2D eigenvalue weighted by atomic mass is 32.2. The lowest BCUT2D eigenvalue weighted by Gasteiger charge is -2.58. The summed E-state index contributed by atoms with van der Waals surface area (Å²) in [5, 5.41) is 15.0. The first-order chi connectivity index (χ1) is 37.8. The van der Waals surface area contributed by atoms with Crippen LogP contribution in [0.15, 0.2) is 96.2 Å². The molecule has 0 unspecified atom stereocenters. The number of fused-ring (bicyclic) bond motifs is 1. The van der Waals surface area contributed by atoms with E-state index in [4.69, 9.17) is 14.2 Å². The van der Waals surface area contributed by atoms with E-state index in [0.717, 1.165) is 76.1 Å². The van der Waals surface area contributed by atoms with Gasteiger partial charge in [0.15, 0.2) is 5.75 Å². The number of H-pyrrole nitrogens is 1. The van der Waals surface area contributed by atoms with Crippen LogP contribution < -0.4 is 29.1 Å². The molecule has 4 aliphatic rings. The topological polar surface area (TPSA) is 218 Å². The predicted octanol–water partition coefficient (Wildman–Crippen LogP) is 9.13. The molecule has 4 fully saturated rings. The maximum absolute atomic E-state index is 15.7. The van der Waals surface area contributed by atoms with E-state index in [9.17, 15) is 32.5 Å². The molecule has 6 heterocycles. The van der Waals surface area contributed by atoms with Gasteiger partial charge in [0.1, 0.15) is 33.5 Å². The molecule has 1 saturated carbocycles. The van der Waals surface area contributed by atoms with Crippen molar-refractivity contribution in [3.05, 3.63) is 129 Å². The Bertz CT molecular complexity index is 3360. The molecule has 6 aromatic rings. The van der Waals surface area contributed by atoms with Crippen molar-refractivity contribution in [3.8, 4) is 23.1 Å². The van der Waals surface area contributed by atoms with Gasteiger partial charge in [-0.2, -0.15) is 4.98 Å². The number of carbonyl (C=O) groups is 2. The summed E-state index contributed by atoms with van der Waals surface area (Å²) in [7, 11) is -1.81. The molecule has 10 rings (SSSR count). The molecular formula is C57H66F2N10O9S. The Morgan fingerprint density at radius 3 is 2.34 bits per heavy atom. The van der Waals surface area contributed by atoms with Crippen LogP contribution in [0.3, 0.4) is 0 Å². The van der Waals surface area contributed by atoms with Gasteiger partial charge in [0.05, 0.1) is 42.8 Å². The number of methoxy groups -OCH3 is 2. The summed E-state index contributed by atoms with van der Waals surface area (Å²) in [5.74, 6) is -1.29. The SMILES string of the molecule is COc1ccc(CN2CCN(C3CC4(CCN(c5ccc(C(=O)NS(=O)(=O)c6cnc(NCC7(F)CCN(C(C)=O)CC7)c([N+](=O)[O-])c6)c(Oc6cc7c(F)c[nH]c7nc6OC)c5)CC4)C3)[C@H](c3ccccc3C(C)C)C2)cc1. The number of hydrogen-bond donors (Lipinski definition) is 3. The first kappa shape index (κ1) is 54.9. The van der Waals surface area contributed by atoms with Crippen molar-refractivity contribution in [2.75, 3.05) is 76.8 Å². The normalized spacial score (nSPS) is 18.8. The van der Waals surface area contributed by atoms with Crippen molar-refractivity contribution in [1.82, 2.24) is 34.4 Å². The molecule has 3 saturated heterocycles. The van der Waals surface area contributed by atoms with Crippen molar-refractivity contribution >= 4 is 50.1 Å². The number of carbonyl (C=O) groups excluding carboxylic acids is 2. The Morgan fingerprint density at radius 2 is 1.66 bits per heavy atom. The van der Waals surface area contributed by atoms with Gasteiger partial charge in [0.25, 0.3) is 21.8 Å². The Labute approximate surface area is 457 Å². The number of likely N-dealkylation sites (tertiary alicyclic amines) is 1. The van der Waals surface area contributed by atoms with E-state index in [-0.39, 0.29) is 89.6 Å². The van der Waals surface area contributed by atoms with Gasteiger partial charge in [-0.15, -0.1) is 0 Å². The predicted molar refractivity (Wildman–Crippen MR) is 294 cm³/mol. The smallest absolute Gasteiger partial charge is 0.312 e. The van der Waals surface area contributed by atoms with E-state index in [1.54, 1.807) is 19.2 Å². The van der Waals surface area contributed by atoms with E-state index in [0.29, 0.717) is 30.7 Å². The van der Waals surface area contributed by atoms with E-state index in [1.165, 1.54) is 47.8 Å². The molecule has 3 aromatic heterocycles. The maximum atomic E-state index is 15.7. The largest absolute Gasteiger partial charge is 0.497 e. The van der Waals surface area contributed by atoms with E-state index in [1.807, 2.05) is 16.9 Å². The first-order valence-electron chi connectivity index (χ1n) is 26.7. The van der Waals surface area contributed by atoms with Gasteiger partial charge in [-0.1, -0.05) is 50.2 Å². The Hall–Kier alpha value is -7.43. The number of alkyl halides is 1. The number of amides is 2. The Balaban J connectivity index is 0.855. The third kappa shape index (κ3) is 11.7. The summed E-state index contributed by atoms with van der Waals surface area (Å²) >= 11 is 0. The van der Waals surface area contributed by atoms with Crippen molar-refractivity contribution < 1.29 is 45.9 Å². The molecule has 0 bridgehead atoms. The third-order valence-corrected chi connectivity index (χ3v) is 17.8. The molecule has 22 heteroatoms. The van der Waals surface area contributed by atoms with Crippen LogP contribution >= 0.6 is 0 Å². The number of halogens is 2. The number of aromatic amines is 1. The number of aromatic nitrogens is 3. The minimum Gasteiger partial charge on any atom is -0.497 e. The quantitative estimate of drug-likeness (QED) is 0.0573. The minimum absolute atomic E-state index is 0.0130. The standard InChI is InChI=1S/C57H66F2N10O9S/c1-36(2)43-8-6-7-9-44(43)49-34-65(33-38-10-13-41(76-4)14-11-38)24-25-68(49)40-29-56(30-40)16-20-67(21-17-56)39-12-15-45(50(26-39)78-51-28-46-47(58)32-61-52(46)63-55(51)77-5)54(71)64-79(74,75)42-27-48(69(72)73)53(60-31-42)62-35-57(59)18-22-66(23-19-57)37(3)70/h6-15,26-28,31-32,36,40,49H,16-25,29-30,33-35H2,1-5H3,(H,60,62)(H,61,63)(H,64,71)/t49-/m0/s1. The van der Waals surface area contributed by atoms with Crippen molar-refractivity contribution in [2.45, 2.75) is 94.4 Å². The van der Waals surface area contributed by atoms with Crippen LogP contribution in [0.4, 0.5) is 26.0 Å². The highest BCUT2D eigenvalue weighted by Crippen LogP contribution is 2.53. The van der Waals surface area contributed by atoms with Gasteiger partial charge >= 0.3 is 5.69 Å². The molecule has 1 atom stereocenters. The number of piperidine rings is 2. The molecule has 79 heavy (non-hydrogen) atoms. The second-order valence-corrected chi connectivity index (χ2v) is 23.4. The molecule has 3 aliphatic heterocycles. The Morgan fingerprint density at radius 1 is 0.924 bits per heavy atom. The van der Waals surface area contributed by atoms with Gasteiger partial charge in [-0.3, -0.25) is 29.5 Å². The number of hydrogen-bond acceptors (Lipinski definition) is 15. The van der Waals surface area contributed by atoms with Crippen LogP contribution in [0.5, 0.6) is 23.1 Å². The number of benzene rings is 3. The number of nitro groups is 1. The van der Waals surface area contributed by atoms with Gasteiger partial charge in [0.2, 0.25) is 11.7 Å². The molecule has 1 aliphatic carbocycles. The molecule has 0 radical (unpaired) electrons. The Kier molecular flexibility index (Phi) is 15.5. The second kappa shape index (κ2) is 22.4. The molecule has 19 nitrogen and oxygen atoms in total. The fourth-order valence-corrected chi connectivity index (χ4v) is 12.8. The fourth-order valence-electron chi connectivity index (χ4n) is 11.9. The summed E-state index contributed by atoms with van der Waals surface area (Å²) in [6.45, 7) is 11.0. The average Bonchev–Trinajstić information content (AvgIpc) is 3.94. The van der Waals surface area contributed by atoms with Gasteiger partial charge in [0, 0.05) is 114 Å². The highest BCUT2D eigenvalue weighted by molar-refractivity contribution is 7.90. The van der Waals surface area contributed by atoms with Gasteiger partial charge < -0.3 is 34.3 Å². The third-order valence-electron chi connectivity index (χ3n) is 16.5. The summed E-state index contributed by atoms with van der Waals surface area (Å²) in [5.41, 5.74) is 2.25. The summed E-state index contributed by atoms with van der Waals surface area (Å²) < 4.78 is 77.7. The van der Waals surface area contributed by atoms with Crippen LogP contribution in [0.2, 0.25) is 0 Å². The van der Waals surface area contributed by atoms with E-state index in [2.05, 4.69) is 85.2 Å². The summed E-state index contributed by atoms with van der Waals surface area (Å²) in [4.78, 5) is 56.8. The molecule has 1 spiro atoms. The number of nitrogens with one attached hydrogen (secondary N) is 3. The van der Waals surface area contributed by atoms with Crippen molar-refractivity contribution in [2.24, 2.45) is 5.41 Å². The number of nitrogens with zero attached hydrogens (tertiary/aromatic N) is 7. The van der Waals surface area contributed by atoms with Gasteiger partial charge in [-0.25, -0.2) is 26.9 Å². The zero-order valence-corrected chi connectivity index (χ0v) is 45.8. The van der Waals surface area contributed by atoms with E-state index < -0.39 is 42.9 Å². The lowest BCUT2D eigenvalue weighted by Crippen LogP contribution is -2.60. The first-order valence-corrected chi connectivity index (χ1v) is 28.2. The van der Waals surface area contributed by atoms with Crippen molar-refractivity contribution in [3.63, 3.8) is 0 Å². The lowest BCUT2D eigenvalue weighted by molar-refractivity contribution is -0.384. The van der Waals surface area contributed by atoms with Crippen molar-refractivity contribution in [1.29, 1.82) is 0 Å². The zero-order valence-electron chi connectivity index (χ0n) is 45.0. The molecule has 2 amide bonds. The van der Waals surface area contributed by atoms with E-state index >= 15 is 4.39 Å². The minimum atomic E-state index is -4.84. The lowest BCUT2D eigenvalue weighted by atomic mass is 9.59. The van der Waals surface area contributed by atoms with Crippen LogP contribution in [-0.4, -0.2) is 133 Å². The molecule has 3 aromatic carbocycles. The zero-order chi connectivity index (χ0) is 55.8. The van der Waals surface area contributed by atoms with Crippen LogP contribution in [-0.2, 0) is 21.4 Å². The van der Waals surface area contributed by atoms with Gasteiger partial charge in [-0.05, 0) is 78.0 Å². The number of anilines is 2. The number of pyridine rings is 2.